The van der Waals surface area contributed by atoms with Crippen molar-refractivity contribution < 1.29 is 0 Å². The van der Waals surface area contributed by atoms with Gasteiger partial charge in [0, 0.05) is 25.7 Å². The number of aromatic nitrogens is 4. The summed E-state index contributed by atoms with van der Waals surface area (Å²) in [4.78, 5) is 13.3. The van der Waals surface area contributed by atoms with Crippen LogP contribution in [0.2, 0.25) is 0 Å². The zero-order chi connectivity index (χ0) is 14.8. The third kappa shape index (κ3) is 3.05. The van der Waals surface area contributed by atoms with Crippen LogP contribution in [0.5, 0.6) is 0 Å². The molecule has 6 heteroatoms. The molecule has 6 nitrogen and oxygen atoms in total. The van der Waals surface area contributed by atoms with Crippen molar-refractivity contribution in [2.45, 2.75) is 38.8 Å². The summed E-state index contributed by atoms with van der Waals surface area (Å²) in [5.41, 5.74) is 1.83. The summed E-state index contributed by atoms with van der Waals surface area (Å²) in [6, 6.07) is 1.02. The van der Waals surface area contributed by atoms with Crippen LogP contribution in [-0.2, 0) is 7.05 Å². The molecule has 1 fully saturated rings. The highest BCUT2D eigenvalue weighted by Crippen LogP contribution is 2.19. The van der Waals surface area contributed by atoms with E-state index in [1.54, 1.807) is 12.4 Å². The van der Waals surface area contributed by atoms with Crippen LogP contribution >= 0.6 is 0 Å². The topological polar surface area (TPSA) is 67.7 Å². The maximum Gasteiger partial charge on any atom is 0.145 e. The lowest BCUT2D eigenvalue weighted by Crippen LogP contribution is -2.43. The van der Waals surface area contributed by atoms with Gasteiger partial charge in [-0.15, -0.1) is 0 Å². The zero-order valence-electron chi connectivity index (χ0n) is 12.8. The van der Waals surface area contributed by atoms with Gasteiger partial charge in [-0.25, -0.2) is 9.97 Å². The van der Waals surface area contributed by atoms with E-state index in [0.29, 0.717) is 12.1 Å². The fourth-order valence-corrected chi connectivity index (χ4v) is 2.63. The van der Waals surface area contributed by atoms with Crippen LogP contribution in [0.15, 0.2) is 18.6 Å². The highest BCUT2D eigenvalue weighted by Gasteiger charge is 2.18. The summed E-state index contributed by atoms with van der Waals surface area (Å²) < 4.78 is 2.03. The highest BCUT2D eigenvalue weighted by molar-refractivity contribution is 5.55. The minimum absolute atomic E-state index is 0.416. The first-order valence-corrected chi connectivity index (χ1v) is 7.44. The molecule has 2 aromatic rings. The van der Waals surface area contributed by atoms with E-state index >= 15 is 0 Å². The number of aryl methyl sites for hydroxylation is 1. The van der Waals surface area contributed by atoms with E-state index in [1.165, 1.54) is 6.42 Å². The number of imidazole rings is 1. The molecule has 0 spiro atoms. The van der Waals surface area contributed by atoms with Crippen molar-refractivity contribution in [1.82, 2.24) is 24.8 Å². The molecule has 0 radical (unpaired) electrons. The summed E-state index contributed by atoms with van der Waals surface area (Å²) in [5.74, 6) is 1.79. The predicted octanol–water partition coefficient (Wildman–Crippen LogP) is 1.74. The fraction of sp³-hybridized carbons (Fsp3) is 0.533. The zero-order valence-corrected chi connectivity index (χ0v) is 12.8. The molecule has 112 valence electrons. The predicted molar refractivity (Wildman–Crippen MR) is 83.1 cm³/mol. The number of nitrogens with zero attached hydrogens (tertiary/aromatic N) is 4. The van der Waals surface area contributed by atoms with Gasteiger partial charge in [-0.05, 0) is 26.7 Å². The molecule has 2 aromatic heterocycles. The lowest BCUT2D eigenvalue weighted by atomic mass is 10.0. The van der Waals surface area contributed by atoms with Crippen LogP contribution in [0, 0.1) is 6.92 Å². The molecule has 0 saturated carbocycles. The third-order valence-corrected chi connectivity index (χ3v) is 4.13. The second-order valence-electron chi connectivity index (χ2n) is 5.77. The summed E-state index contributed by atoms with van der Waals surface area (Å²) in [5, 5.41) is 6.96. The first kappa shape index (κ1) is 14.0. The van der Waals surface area contributed by atoms with Gasteiger partial charge in [-0.2, -0.15) is 0 Å². The Morgan fingerprint density at radius 3 is 2.81 bits per heavy atom. The first-order valence-electron chi connectivity index (χ1n) is 7.44. The molecular formula is C15H22N6. The van der Waals surface area contributed by atoms with E-state index in [-0.39, 0.29) is 0 Å². The van der Waals surface area contributed by atoms with Gasteiger partial charge in [-0.1, -0.05) is 0 Å². The Bertz CT molecular complexity index is 612. The SMILES string of the molecule is Cc1ncc(-c2cncc(N[C@@H]3CC[C@H](C)NC3)n2)n1C. The Labute approximate surface area is 125 Å². The van der Waals surface area contributed by atoms with Crippen molar-refractivity contribution in [2.24, 2.45) is 7.05 Å². The van der Waals surface area contributed by atoms with Crippen LogP contribution in [0.1, 0.15) is 25.6 Å². The smallest absolute Gasteiger partial charge is 0.145 e. The van der Waals surface area contributed by atoms with Gasteiger partial charge in [0.15, 0.2) is 0 Å². The Kier molecular flexibility index (Phi) is 3.88. The van der Waals surface area contributed by atoms with Crippen molar-refractivity contribution in [3.8, 4) is 11.4 Å². The van der Waals surface area contributed by atoms with Crippen LogP contribution in [0.3, 0.4) is 0 Å². The second-order valence-corrected chi connectivity index (χ2v) is 5.77. The molecule has 1 saturated heterocycles. The summed E-state index contributed by atoms with van der Waals surface area (Å²) >= 11 is 0. The summed E-state index contributed by atoms with van der Waals surface area (Å²) in [6.07, 6.45) is 7.75. The minimum Gasteiger partial charge on any atom is -0.365 e. The summed E-state index contributed by atoms with van der Waals surface area (Å²) in [7, 11) is 1.99. The van der Waals surface area contributed by atoms with E-state index < -0.39 is 0 Å². The van der Waals surface area contributed by atoms with Crippen LogP contribution in [0.4, 0.5) is 5.82 Å². The number of rotatable bonds is 3. The average molecular weight is 286 g/mol. The molecule has 21 heavy (non-hydrogen) atoms. The Morgan fingerprint density at radius 2 is 2.14 bits per heavy atom. The van der Waals surface area contributed by atoms with Gasteiger partial charge in [0.2, 0.25) is 0 Å². The van der Waals surface area contributed by atoms with Crippen molar-refractivity contribution in [3.05, 3.63) is 24.4 Å². The molecule has 1 aliphatic rings. The Hall–Kier alpha value is -1.95. The molecular weight excluding hydrogens is 264 g/mol. The molecule has 0 bridgehead atoms. The van der Waals surface area contributed by atoms with Crippen LogP contribution in [0.25, 0.3) is 11.4 Å². The van der Waals surface area contributed by atoms with E-state index in [4.69, 9.17) is 0 Å². The van der Waals surface area contributed by atoms with Crippen molar-refractivity contribution in [2.75, 3.05) is 11.9 Å². The van der Waals surface area contributed by atoms with Crippen LogP contribution in [-0.4, -0.2) is 38.1 Å². The molecule has 2 atom stereocenters. The normalized spacial score (nSPS) is 22.2. The number of hydrogen-bond donors (Lipinski definition) is 2. The molecule has 3 heterocycles. The Balaban J connectivity index is 1.76. The first-order chi connectivity index (χ1) is 10.1. The van der Waals surface area contributed by atoms with Gasteiger partial charge < -0.3 is 15.2 Å². The molecule has 3 rings (SSSR count). The standard InChI is InChI=1S/C15H22N6/c1-10-4-5-12(6-17-10)19-15-9-16-7-13(20-15)14-8-18-11(2)21(14)3/h7-10,12,17H,4-6H2,1-3H3,(H,19,20)/t10-,12+/m0/s1. The van der Waals surface area contributed by atoms with Gasteiger partial charge >= 0.3 is 0 Å². The highest BCUT2D eigenvalue weighted by atomic mass is 15.1. The van der Waals surface area contributed by atoms with Crippen molar-refractivity contribution in [3.63, 3.8) is 0 Å². The van der Waals surface area contributed by atoms with Gasteiger partial charge in [0.05, 0.1) is 24.3 Å². The molecule has 0 amide bonds. The quantitative estimate of drug-likeness (QED) is 0.899. The van der Waals surface area contributed by atoms with Crippen molar-refractivity contribution in [1.29, 1.82) is 0 Å². The molecule has 1 aliphatic heterocycles. The van der Waals surface area contributed by atoms with E-state index in [2.05, 4.69) is 32.5 Å². The number of piperidine rings is 1. The largest absolute Gasteiger partial charge is 0.365 e. The monoisotopic (exact) mass is 286 g/mol. The van der Waals surface area contributed by atoms with E-state index in [0.717, 1.165) is 36.0 Å². The summed E-state index contributed by atoms with van der Waals surface area (Å²) in [6.45, 7) is 5.17. The van der Waals surface area contributed by atoms with Gasteiger partial charge in [0.1, 0.15) is 17.3 Å². The molecule has 0 aliphatic carbocycles. The Morgan fingerprint density at radius 1 is 1.29 bits per heavy atom. The molecule has 0 unspecified atom stereocenters. The van der Waals surface area contributed by atoms with E-state index in [9.17, 15) is 0 Å². The minimum atomic E-state index is 0.416. The molecule has 0 aromatic carbocycles. The lowest BCUT2D eigenvalue weighted by Gasteiger charge is -2.28. The van der Waals surface area contributed by atoms with Gasteiger partial charge in [-0.3, -0.25) is 4.98 Å². The number of anilines is 1. The van der Waals surface area contributed by atoms with Gasteiger partial charge in [0.25, 0.3) is 0 Å². The average Bonchev–Trinajstić information content (AvgIpc) is 2.82. The lowest BCUT2D eigenvalue weighted by molar-refractivity contribution is 0.398. The maximum atomic E-state index is 4.67. The molecule has 2 N–H and O–H groups in total. The second kappa shape index (κ2) is 5.81. The maximum absolute atomic E-state index is 4.67. The fourth-order valence-electron chi connectivity index (χ4n) is 2.63. The van der Waals surface area contributed by atoms with Crippen molar-refractivity contribution >= 4 is 5.82 Å². The number of nitrogens with one attached hydrogen (secondary N) is 2. The van der Waals surface area contributed by atoms with E-state index in [1.807, 2.05) is 24.7 Å². The van der Waals surface area contributed by atoms with Crippen LogP contribution < -0.4 is 10.6 Å². The number of hydrogen-bond acceptors (Lipinski definition) is 5. The third-order valence-electron chi connectivity index (χ3n) is 4.13.